The van der Waals surface area contributed by atoms with Crippen LogP contribution >= 0.6 is 0 Å². The highest BCUT2D eigenvalue weighted by atomic mass is 16.5. The Bertz CT molecular complexity index is 294. The maximum Gasteiger partial charge on any atom is 0.243 e. The molecule has 1 unspecified atom stereocenters. The van der Waals surface area contributed by atoms with E-state index in [0.29, 0.717) is 18.3 Å². The van der Waals surface area contributed by atoms with Gasteiger partial charge in [-0.15, -0.1) is 0 Å². The van der Waals surface area contributed by atoms with Gasteiger partial charge in [-0.1, -0.05) is 5.16 Å². The average molecular weight is 199 g/mol. The van der Waals surface area contributed by atoms with Crippen LogP contribution in [0.25, 0.3) is 0 Å². The molecule has 0 aromatic carbocycles. The number of nitrogens with two attached hydrogens (primary N) is 1. The maximum atomic E-state index is 5.61. The van der Waals surface area contributed by atoms with Crippen molar-refractivity contribution in [2.24, 2.45) is 5.73 Å². The fourth-order valence-electron chi connectivity index (χ4n) is 1.09. The summed E-state index contributed by atoms with van der Waals surface area (Å²) in [5, 5.41) is 3.84. The second kappa shape index (κ2) is 4.06. The number of nitrogens with zero attached hydrogens (tertiary/aromatic N) is 2. The summed E-state index contributed by atoms with van der Waals surface area (Å²) in [6.45, 7) is 8.12. The molecule has 5 nitrogen and oxygen atoms in total. The lowest BCUT2D eigenvalue weighted by molar-refractivity contribution is -0.0221. The SMILES string of the molecule is CCOC(C)(C)c1noc(C(C)N)n1. The van der Waals surface area contributed by atoms with Gasteiger partial charge in [-0.2, -0.15) is 4.98 Å². The third-order valence-corrected chi connectivity index (χ3v) is 1.87. The van der Waals surface area contributed by atoms with Gasteiger partial charge >= 0.3 is 0 Å². The molecule has 0 amide bonds. The van der Waals surface area contributed by atoms with E-state index in [9.17, 15) is 0 Å². The van der Waals surface area contributed by atoms with Crippen LogP contribution in [-0.2, 0) is 10.3 Å². The highest BCUT2D eigenvalue weighted by molar-refractivity contribution is 4.98. The van der Waals surface area contributed by atoms with Crippen LogP contribution in [0.2, 0.25) is 0 Å². The molecule has 14 heavy (non-hydrogen) atoms. The molecular weight excluding hydrogens is 182 g/mol. The zero-order valence-electron chi connectivity index (χ0n) is 9.07. The summed E-state index contributed by atoms with van der Waals surface area (Å²) in [5.41, 5.74) is 5.08. The van der Waals surface area contributed by atoms with Gasteiger partial charge in [-0.05, 0) is 27.7 Å². The summed E-state index contributed by atoms with van der Waals surface area (Å²) in [5.74, 6) is 0.972. The number of ether oxygens (including phenoxy) is 1. The van der Waals surface area contributed by atoms with Gasteiger partial charge < -0.3 is 15.0 Å². The van der Waals surface area contributed by atoms with Gasteiger partial charge in [-0.3, -0.25) is 0 Å². The van der Waals surface area contributed by atoms with E-state index in [1.807, 2.05) is 20.8 Å². The van der Waals surface area contributed by atoms with Crippen molar-refractivity contribution in [1.82, 2.24) is 10.1 Å². The average Bonchev–Trinajstić information content (AvgIpc) is 2.51. The first-order chi connectivity index (χ1) is 6.47. The molecule has 0 radical (unpaired) electrons. The monoisotopic (exact) mass is 199 g/mol. The van der Waals surface area contributed by atoms with Crippen LogP contribution in [0.1, 0.15) is 45.5 Å². The first kappa shape index (κ1) is 11.1. The van der Waals surface area contributed by atoms with Crippen LogP contribution in [0.4, 0.5) is 0 Å². The molecule has 1 aromatic heterocycles. The first-order valence-corrected chi connectivity index (χ1v) is 4.71. The van der Waals surface area contributed by atoms with Crippen molar-refractivity contribution in [1.29, 1.82) is 0 Å². The van der Waals surface area contributed by atoms with E-state index in [1.165, 1.54) is 0 Å². The van der Waals surface area contributed by atoms with E-state index < -0.39 is 5.60 Å². The maximum absolute atomic E-state index is 5.61. The zero-order valence-corrected chi connectivity index (χ0v) is 9.07. The summed E-state index contributed by atoms with van der Waals surface area (Å²) in [6.07, 6.45) is 0. The van der Waals surface area contributed by atoms with Gasteiger partial charge in [0.05, 0.1) is 6.04 Å². The molecule has 80 valence electrons. The van der Waals surface area contributed by atoms with Crippen LogP contribution in [0.15, 0.2) is 4.52 Å². The molecule has 1 aromatic rings. The Hall–Kier alpha value is -0.940. The molecule has 1 rings (SSSR count). The minimum absolute atomic E-state index is 0.242. The normalized spacial score (nSPS) is 14.4. The number of hydrogen-bond donors (Lipinski definition) is 1. The van der Waals surface area contributed by atoms with Crippen molar-refractivity contribution < 1.29 is 9.26 Å². The Morgan fingerprint density at radius 2 is 2.21 bits per heavy atom. The van der Waals surface area contributed by atoms with Crippen LogP contribution < -0.4 is 5.73 Å². The molecule has 0 saturated carbocycles. The molecule has 0 aliphatic rings. The number of aromatic nitrogens is 2. The topological polar surface area (TPSA) is 74.2 Å². The highest BCUT2D eigenvalue weighted by Gasteiger charge is 2.27. The lowest BCUT2D eigenvalue weighted by atomic mass is 10.1. The fourth-order valence-corrected chi connectivity index (χ4v) is 1.09. The van der Waals surface area contributed by atoms with E-state index in [2.05, 4.69) is 10.1 Å². The van der Waals surface area contributed by atoms with Gasteiger partial charge in [0.1, 0.15) is 5.60 Å². The third kappa shape index (κ3) is 2.30. The minimum Gasteiger partial charge on any atom is -0.368 e. The first-order valence-electron chi connectivity index (χ1n) is 4.71. The Morgan fingerprint density at radius 1 is 1.57 bits per heavy atom. The highest BCUT2D eigenvalue weighted by Crippen LogP contribution is 2.22. The van der Waals surface area contributed by atoms with E-state index >= 15 is 0 Å². The standard InChI is InChI=1S/C9H17N3O2/c1-5-13-9(3,4)8-11-7(6(2)10)14-12-8/h6H,5,10H2,1-4H3. The van der Waals surface area contributed by atoms with Crippen molar-refractivity contribution in [2.75, 3.05) is 6.61 Å². The lowest BCUT2D eigenvalue weighted by Gasteiger charge is -2.19. The molecule has 1 heterocycles. The second-order valence-corrected chi connectivity index (χ2v) is 3.69. The molecule has 0 fully saturated rings. The Kier molecular flexibility index (Phi) is 3.23. The molecule has 5 heteroatoms. The molecule has 0 aliphatic carbocycles. The zero-order chi connectivity index (χ0) is 10.8. The van der Waals surface area contributed by atoms with Crippen molar-refractivity contribution in [3.8, 4) is 0 Å². The molecule has 0 saturated heterocycles. The third-order valence-electron chi connectivity index (χ3n) is 1.87. The molecular formula is C9H17N3O2. The van der Waals surface area contributed by atoms with Crippen LogP contribution in [0, 0.1) is 0 Å². The Morgan fingerprint density at radius 3 is 2.64 bits per heavy atom. The number of rotatable bonds is 4. The van der Waals surface area contributed by atoms with Crippen LogP contribution in [0.5, 0.6) is 0 Å². The predicted molar refractivity (Wildman–Crippen MR) is 51.6 cm³/mol. The van der Waals surface area contributed by atoms with Crippen LogP contribution in [-0.4, -0.2) is 16.7 Å². The molecule has 0 spiro atoms. The van der Waals surface area contributed by atoms with Gasteiger partial charge in [0.15, 0.2) is 0 Å². The summed E-state index contributed by atoms with van der Waals surface area (Å²) in [4.78, 5) is 4.17. The quantitative estimate of drug-likeness (QED) is 0.792. The van der Waals surface area contributed by atoms with Gasteiger partial charge in [0.2, 0.25) is 11.7 Å². The van der Waals surface area contributed by atoms with Crippen molar-refractivity contribution >= 4 is 0 Å². The molecule has 2 N–H and O–H groups in total. The summed E-state index contributed by atoms with van der Waals surface area (Å²) >= 11 is 0. The molecule has 1 atom stereocenters. The summed E-state index contributed by atoms with van der Waals surface area (Å²) < 4.78 is 10.5. The van der Waals surface area contributed by atoms with Gasteiger partial charge in [0.25, 0.3) is 0 Å². The fraction of sp³-hybridized carbons (Fsp3) is 0.778. The van der Waals surface area contributed by atoms with Crippen LogP contribution in [0.3, 0.4) is 0 Å². The Labute approximate surface area is 83.6 Å². The van der Waals surface area contributed by atoms with Crippen molar-refractivity contribution in [3.63, 3.8) is 0 Å². The summed E-state index contributed by atoms with van der Waals surface area (Å²) in [6, 6.07) is -0.242. The van der Waals surface area contributed by atoms with Crippen molar-refractivity contribution in [3.05, 3.63) is 11.7 Å². The van der Waals surface area contributed by atoms with Gasteiger partial charge in [0, 0.05) is 6.61 Å². The van der Waals surface area contributed by atoms with E-state index in [1.54, 1.807) is 6.92 Å². The second-order valence-electron chi connectivity index (χ2n) is 3.69. The van der Waals surface area contributed by atoms with E-state index in [-0.39, 0.29) is 6.04 Å². The Balaban J connectivity index is 2.85. The predicted octanol–water partition coefficient (Wildman–Crippen LogP) is 1.36. The number of hydrogen-bond acceptors (Lipinski definition) is 5. The minimum atomic E-state index is -0.522. The van der Waals surface area contributed by atoms with E-state index in [4.69, 9.17) is 15.0 Å². The summed E-state index contributed by atoms with van der Waals surface area (Å²) in [7, 11) is 0. The van der Waals surface area contributed by atoms with Gasteiger partial charge in [-0.25, -0.2) is 0 Å². The lowest BCUT2D eigenvalue weighted by Crippen LogP contribution is -2.23. The molecule has 0 bridgehead atoms. The van der Waals surface area contributed by atoms with E-state index in [0.717, 1.165) is 0 Å². The molecule has 0 aliphatic heterocycles. The largest absolute Gasteiger partial charge is 0.368 e. The smallest absolute Gasteiger partial charge is 0.243 e. The van der Waals surface area contributed by atoms with Crippen molar-refractivity contribution in [2.45, 2.75) is 39.3 Å².